The first-order valence-electron chi connectivity index (χ1n) is 13.1. The van der Waals surface area contributed by atoms with E-state index in [2.05, 4.69) is 108 Å². The van der Waals surface area contributed by atoms with Crippen LogP contribution in [0.25, 0.3) is 81.0 Å². The Morgan fingerprint density at radius 1 is 0.590 bits per heavy atom. The average Bonchev–Trinajstić information content (AvgIpc) is 3.66. The Bertz CT molecular complexity index is 2390. The number of aromatic nitrogens is 2. The second kappa shape index (κ2) is 7.79. The summed E-state index contributed by atoms with van der Waals surface area (Å²) in [6.07, 6.45) is 0. The maximum Gasteiger partial charge on any atom is 0.159 e. The summed E-state index contributed by atoms with van der Waals surface area (Å²) in [4.78, 5) is 5.32. The number of para-hydroxylation sites is 2. The van der Waals surface area contributed by atoms with Gasteiger partial charge in [-0.05, 0) is 36.4 Å². The predicted octanol–water partition coefficient (Wildman–Crippen LogP) is 10.1. The lowest BCUT2D eigenvalue weighted by Gasteiger charge is -2.09. The number of thiophene rings is 1. The Labute approximate surface area is 227 Å². The molecule has 0 spiro atoms. The van der Waals surface area contributed by atoms with Crippen LogP contribution in [0.2, 0.25) is 0 Å². The number of rotatable bonds is 2. The van der Waals surface area contributed by atoms with Crippen molar-refractivity contribution in [3.05, 3.63) is 121 Å². The van der Waals surface area contributed by atoms with Crippen LogP contribution >= 0.6 is 11.3 Å². The van der Waals surface area contributed by atoms with E-state index in [-0.39, 0.29) is 0 Å². The van der Waals surface area contributed by atoms with Crippen LogP contribution in [0.15, 0.2) is 126 Å². The van der Waals surface area contributed by atoms with Gasteiger partial charge >= 0.3 is 0 Å². The third-order valence-electron chi connectivity index (χ3n) is 7.81. The summed E-state index contributed by atoms with van der Waals surface area (Å²) < 4.78 is 11.4. The molecule has 5 aromatic carbocycles. The molecule has 0 unspecified atom stereocenters. The van der Waals surface area contributed by atoms with E-state index >= 15 is 0 Å². The lowest BCUT2D eigenvalue weighted by Crippen LogP contribution is -1.94. The van der Waals surface area contributed by atoms with Crippen LogP contribution in [0, 0.1) is 0 Å². The first-order chi connectivity index (χ1) is 19.3. The van der Waals surface area contributed by atoms with Gasteiger partial charge in [0.2, 0.25) is 0 Å². The summed E-state index contributed by atoms with van der Waals surface area (Å²) in [5.74, 6) is 0. The van der Waals surface area contributed by atoms with Crippen molar-refractivity contribution in [1.29, 1.82) is 0 Å². The zero-order chi connectivity index (χ0) is 25.5. The number of pyridine rings is 1. The van der Waals surface area contributed by atoms with Crippen molar-refractivity contribution >= 4 is 75.4 Å². The minimum absolute atomic E-state index is 0.890. The quantitative estimate of drug-likeness (QED) is 0.229. The van der Waals surface area contributed by atoms with E-state index in [9.17, 15) is 0 Å². The van der Waals surface area contributed by atoms with Crippen molar-refractivity contribution in [3.63, 3.8) is 0 Å². The van der Waals surface area contributed by atoms with Crippen molar-refractivity contribution in [2.75, 3.05) is 0 Å². The van der Waals surface area contributed by atoms with Crippen molar-refractivity contribution < 1.29 is 4.42 Å². The van der Waals surface area contributed by atoms with Crippen LogP contribution < -0.4 is 0 Å². The molecule has 0 saturated carbocycles. The highest BCUT2D eigenvalue weighted by molar-refractivity contribution is 7.26. The van der Waals surface area contributed by atoms with Crippen molar-refractivity contribution in [1.82, 2.24) is 9.55 Å². The van der Waals surface area contributed by atoms with E-state index in [0.29, 0.717) is 0 Å². The standard InChI is InChI=1S/C35H20N2OS/c1-2-9-21(10-3-1)26-18-20-28-33(36-26)32-27(19-17-25-23-12-5-7-16-31(23)39-35(25)32)37(28)29-14-8-13-24-22-11-4-6-15-30(22)38-34(24)29/h1-20H. The maximum atomic E-state index is 6.50. The summed E-state index contributed by atoms with van der Waals surface area (Å²) in [5.41, 5.74) is 8.12. The van der Waals surface area contributed by atoms with Crippen LogP contribution in [0.5, 0.6) is 0 Å². The molecule has 3 nitrogen and oxygen atoms in total. The smallest absolute Gasteiger partial charge is 0.159 e. The minimum atomic E-state index is 0.890. The Morgan fingerprint density at radius 3 is 2.28 bits per heavy atom. The summed E-state index contributed by atoms with van der Waals surface area (Å²) in [6, 6.07) is 42.7. The Balaban J connectivity index is 1.47. The fourth-order valence-electron chi connectivity index (χ4n) is 6.08. The first kappa shape index (κ1) is 21.1. The molecule has 0 radical (unpaired) electrons. The molecule has 0 aliphatic rings. The van der Waals surface area contributed by atoms with Crippen molar-refractivity contribution in [2.24, 2.45) is 0 Å². The topological polar surface area (TPSA) is 31.0 Å². The Hall–Kier alpha value is -4.93. The van der Waals surface area contributed by atoms with Gasteiger partial charge in [0.15, 0.2) is 5.58 Å². The van der Waals surface area contributed by atoms with Gasteiger partial charge in [-0.25, -0.2) is 4.98 Å². The SMILES string of the molecule is c1ccc(-c2ccc3c(n2)c2c4sc5ccccc5c4ccc2n3-c2cccc3c2oc2ccccc23)cc1. The van der Waals surface area contributed by atoms with Crippen LogP contribution in [0.1, 0.15) is 0 Å². The van der Waals surface area contributed by atoms with Gasteiger partial charge in [-0.15, -0.1) is 11.3 Å². The van der Waals surface area contributed by atoms with Crippen molar-refractivity contribution in [3.8, 4) is 16.9 Å². The molecule has 0 bridgehead atoms. The van der Waals surface area contributed by atoms with E-state index in [4.69, 9.17) is 9.40 Å². The third kappa shape index (κ3) is 2.89. The number of furan rings is 1. The highest BCUT2D eigenvalue weighted by atomic mass is 32.1. The zero-order valence-corrected chi connectivity index (χ0v) is 21.6. The molecule has 0 aliphatic heterocycles. The molecule has 39 heavy (non-hydrogen) atoms. The van der Waals surface area contributed by atoms with Crippen LogP contribution in [-0.2, 0) is 0 Å². The third-order valence-corrected chi connectivity index (χ3v) is 9.02. The maximum absolute atomic E-state index is 6.50. The molecule has 0 amide bonds. The van der Waals surface area contributed by atoms with E-state index in [1.165, 1.54) is 25.6 Å². The van der Waals surface area contributed by atoms with Gasteiger partial charge in [0.05, 0.1) is 27.9 Å². The van der Waals surface area contributed by atoms with E-state index < -0.39 is 0 Å². The largest absolute Gasteiger partial charge is 0.454 e. The van der Waals surface area contributed by atoms with Gasteiger partial charge in [0.1, 0.15) is 5.58 Å². The first-order valence-corrected chi connectivity index (χ1v) is 13.9. The fourth-order valence-corrected chi connectivity index (χ4v) is 7.32. The van der Waals surface area contributed by atoms with E-state index in [0.717, 1.165) is 55.4 Å². The Kier molecular flexibility index (Phi) is 4.21. The van der Waals surface area contributed by atoms with Crippen LogP contribution in [0.3, 0.4) is 0 Å². The molecular weight excluding hydrogens is 496 g/mol. The lowest BCUT2D eigenvalue weighted by atomic mass is 10.1. The normalized spacial score (nSPS) is 12.1. The monoisotopic (exact) mass is 516 g/mol. The number of hydrogen-bond acceptors (Lipinski definition) is 3. The molecule has 9 aromatic rings. The molecule has 9 rings (SSSR count). The number of benzene rings is 5. The molecule has 0 atom stereocenters. The molecular formula is C35H20N2OS. The summed E-state index contributed by atoms with van der Waals surface area (Å²) >= 11 is 1.85. The van der Waals surface area contributed by atoms with Crippen molar-refractivity contribution in [2.45, 2.75) is 0 Å². The predicted molar refractivity (Wildman–Crippen MR) is 164 cm³/mol. The summed E-state index contributed by atoms with van der Waals surface area (Å²) in [7, 11) is 0. The minimum Gasteiger partial charge on any atom is -0.454 e. The summed E-state index contributed by atoms with van der Waals surface area (Å²) in [5, 5.41) is 6.01. The molecule has 4 aromatic heterocycles. The number of nitrogens with zero attached hydrogens (tertiary/aromatic N) is 2. The molecule has 0 N–H and O–H groups in total. The zero-order valence-electron chi connectivity index (χ0n) is 20.8. The number of fused-ring (bicyclic) bond motifs is 10. The highest BCUT2D eigenvalue weighted by Crippen LogP contribution is 2.44. The van der Waals surface area contributed by atoms with Gasteiger partial charge in [0.25, 0.3) is 0 Å². The molecule has 182 valence electrons. The highest BCUT2D eigenvalue weighted by Gasteiger charge is 2.21. The van der Waals surface area contributed by atoms with Gasteiger partial charge in [-0.2, -0.15) is 0 Å². The van der Waals surface area contributed by atoms with Crippen LogP contribution in [0.4, 0.5) is 0 Å². The number of hydrogen-bond donors (Lipinski definition) is 0. The van der Waals surface area contributed by atoms with Crippen LogP contribution in [-0.4, -0.2) is 9.55 Å². The average molecular weight is 517 g/mol. The van der Waals surface area contributed by atoms with Gasteiger partial charge in [-0.3, -0.25) is 0 Å². The molecule has 4 heteroatoms. The molecule has 0 saturated heterocycles. The molecule has 0 aliphatic carbocycles. The molecule has 4 heterocycles. The van der Waals surface area contributed by atoms with Gasteiger partial charge < -0.3 is 8.98 Å². The second-order valence-electron chi connectivity index (χ2n) is 9.95. The summed E-state index contributed by atoms with van der Waals surface area (Å²) in [6.45, 7) is 0. The van der Waals surface area contributed by atoms with E-state index in [1.807, 2.05) is 29.5 Å². The Morgan fingerprint density at radius 2 is 1.36 bits per heavy atom. The van der Waals surface area contributed by atoms with E-state index in [1.54, 1.807) is 0 Å². The fraction of sp³-hybridized carbons (Fsp3) is 0. The molecule has 0 fully saturated rings. The van der Waals surface area contributed by atoms with Gasteiger partial charge in [0, 0.05) is 41.9 Å². The lowest BCUT2D eigenvalue weighted by molar-refractivity contribution is 0.666. The second-order valence-corrected chi connectivity index (χ2v) is 11.0. The van der Waals surface area contributed by atoms with Gasteiger partial charge in [-0.1, -0.05) is 84.9 Å².